The second-order valence-electron chi connectivity index (χ2n) is 4.53. The standard InChI is InChI=1S/C15H22ClNO2/c1-3-19-15(18)7-5-4-6-10-17-14-9-8-12(2)11-13(14)16/h8-9,11,17H,3-7,10H2,1-2H3. The average Bonchev–Trinajstić information content (AvgIpc) is 2.36. The van der Waals surface area contributed by atoms with E-state index in [-0.39, 0.29) is 5.97 Å². The first-order valence-electron chi connectivity index (χ1n) is 6.79. The molecule has 0 unspecified atom stereocenters. The van der Waals surface area contributed by atoms with Gasteiger partial charge in [0.15, 0.2) is 0 Å². The third-order valence-electron chi connectivity index (χ3n) is 2.80. The van der Waals surface area contributed by atoms with E-state index in [1.807, 2.05) is 32.0 Å². The van der Waals surface area contributed by atoms with Crippen LogP contribution in [0, 0.1) is 6.92 Å². The molecular formula is C15H22ClNO2. The molecule has 0 bridgehead atoms. The van der Waals surface area contributed by atoms with E-state index in [1.54, 1.807) is 0 Å². The third-order valence-corrected chi connectivity index (χ3v) is 3.12. The summed E-state index contributed by atoms with van der Waals surface area (Å²) < 4.78 is 4.87. The van der Waals surface area contributed by atoms with E-state index < -0.39 is 0 Å². The van der Waals surface area contributed by atoms with Gasteiger partial charge >= 0.3 is 5.97 Å². The number of rotatable bonds is 8. The molecule has 0 heterocycles. The molecule has 1 aromatic carbocycles. The van der Waals surface area contributed by atoms with Gasteiger partial charge in [0.05, 0.1) is 17.3 Å². The summed E-state index contributed by atoms with van der Waals surface area (Å²) in [5, 5.41) is 4.06. The van der Waals surface area contributed by atoms with E-state index in [4.69, 9.17) is 16.3 Å². The number of hydrogen-bond donors (Lipinski definition) is 1. The summed E-state index contributed by atoms with van der Waals surface area (Å²) in [6, 6.07) is 5.98. The number of carbonyl (C=O) groups is 1. The van der Waals surface area contributed by atoms with Gasteiger partial charge in [0, 0.05) is 13.0 Å². The SMILES string of the molecule is CCOC(=O)CCCCCNc1ccc(C)cc1Cl. The molecule has 0 aromatic heterocycles. The van der Waals surface area contributed by atoms with Crippen molar-refractivity contribution < 1.29 is 9.53 Å². The van der Waals surface area contributed by atoms with E-state index in [1.165, 1.54) is 0 Å². The Hall–Kier alpha value is -1.22. The van der Waals surface area contributed by atoms with Gasteiger partial charge in [0.25, 0.3) is 0 Å². The lowest BCUT2D eigenvalue weighted by Gasteiger charge is -2.08. The second kappa shape index (κ2) is 8.81. The molecule has 106 valence electrons. The maximum Gasteiger partial charge on any atom is 0.305 e. The molecule has 4 heteroatoms. The van der Waals surface area contributed by atoms with Gasteiger partial charge in [-0.25, -0.2) is 0 Å². The predicted octanol–water partition coefficient (Wildman–Crippen LogP) is 4.18. The van der Waals surface area contributed by atoms with Crippen LogP contribution >= 0.6 is 11.6 Å². The van der Waals surface area contributed by atoms with E-state index in [2.05, 4.69) is 5.32 Å². The topological polar surface area (TPSA) is 38.3 Å². The fourth-order valence-electron chi connectivity index (χ4n) is 1.79. The van der Waals surface area contributed by atoms with Crippen molar-refractivity contribution in [3.8, 4) is 0 Å². The Kier molecular flexibility index (Phi) is 7.34. The highest BCUT2D eigenvalue weighted by Crippen LogP contribution is 2.22. The van der Waals surface area contributed by atoms with Crippen LogP contribution in [0.3, 0.4) is 0 Å². The molecule has 3 nitrogen and oxygen atoms in total. The Morgan fingerprint density at radius 2 is 2.11 bits per heavy atom. The molecule has 0 saturated heterocycles. The minimum absolute atomic E-state index is 0.1000. The zero-order valence-corrected chi connectivity index (χ0v) is 12.4. The molecule has 0 fully saturated rings. The number of benzene rings is 1. The van der Waals surface area contributed by atoms with Gasteiger partial charge in [-0.2, -0.15) is 0 Å². The number of nitrogens with one attached hydrogen (secondary N) is 1. The Morgan fingerprint density at radius 3 is 2.79 bits per heavy atom. The number of hydrogen-bond acceptors (Lipinski definition) is 3. The highest BCUT2D eigenvalue weighted by Gasteiger charge is 2.01. The molecule has 0 aliphatic heterocycles. The zero-order valence-electron chi connectivity index (χ0n) is 11.7. The van der Waals surface area contributed by atoms with Crippen LogP contribution in [-0.4, -0.2) is 19.1 Å². The Bertz CT molecular complexity index is 407. The summed E-state index contributed by atoms with van der Waals surface area (Å²) >= 11 is 6.12. The molecule has 0 saturated carbocycles. The van der Waals surface area contributed by atoms with Crippen molar-refractivity contribution in [2.24, 2.45) is 0 Å². The van der Waals surface area contributed by atoms with Crippen molar-refractivity contribution in [3.63, 3.8) is 0 Å². The number of carbonyl (C=O) groups excluding carboxylic acids is 1. The number of anilines is 1. The fraction of sp³-hybridized carbons (Fsp3) is 0.533. The number of esters is 1. The molecular weight excluding hydrogens is 262 g/mol. The van der Waals surface area contributed by atoms with E-state index >= 15 is 0 Å². The van der Waals surface area contributed by atoms with Crippen LogP contribution in [0.4, 0.5) is 5.69 Å². The summed E-state index contributed by atoms with van der Waals surface area (Å²) in [7, 11) is 0. The van der Waals surface area contributed by atoms with Gasteiger partial charge in [-0.15, -0.1) is 0 Å². The van der Waals surface area contributed by atoms with Crippen molar-refractivity contribution in [2.75, 3.05) is 18.5 Å². The molecule has 0 aliphatic carbocycles. The second-order valence-corrected chi connectivity index (χ2v) is 4.93. The fourth-order valence-corrected chi connectivity index (χ4v) is 2.09. The number of aryl methyl sites for hydroxylation is 1. The summed E-state index contributed by atoms with van der Waals surface area (Å²) in [6.45, 7) is 5.18. The first-order chi connectivity index (χ1) is 9.13. The molecule has 1 N–H and O–H groups in total. The third kappa shape index (κ3) is 6.48. The maximum atomic E-state index is 11.1. The van der Waals surface area contributed by atoms with Crippen molar-refractivity contribution in [1.82, 2.24) is 0 Å². The van der Waals surface area contributed by atoms with Crippen molar-refractivity contribution >= 4 is 23.3 Å². The Balaban J connectivity index is 2.12. The zero-order chi connectivity index (χ0) is 14.1. The van der Waals surface area contributed by atoms with Crippen LogP contribution in [0.1, 0.15) is 38.2 Å². The normalized spacial score (nSPS) is 10.3. The number of unbranched alkanes of at least 4 members (excludes halogenated alkanes) is 2. The summed E-state index contributed by atoms with van der Waals surface area (Å²) in [5.74, 6) is -0.1000. The van der Waals surface area contributed by atoms with Gasteiger partial charge in [0.1, 0.15) is 0 Å². The number of ether oxygens (including phenoxy) is 1. The molecule has 0 atom stereocenters. The van der Waals surface area contributed by atoms with Gasteiger partial charge in [-0.3, -0.25) is 4.79 Å². The van der Waals surface area contributed by atoms with Crippen molar-refractivity contribution in [2.45, 2.75) is 39.5 Å². The summed E-state index contributed by atoms with van der Waals surface area (Å²) in [6.07, 6.45) is 3.42. The van der Waals surface area contributed by atoms with Crippen LogP contribution in [0.2, 0.25) is 5.02 Å². The smallest absolute Gasteiger partial charge is 0.305 e. The van der Waals surface area contributed by atoms with Crippen LogP contribution in [0.15, 0.2) is 18.2 Å². The quantitative estimate of drug-likeness (QED) is 0.574. The largest absolute Gasteiger partial charge is 0.466 e. The average molecular weight is 284 g/mol. The predicted molar refractivity (Wildman–Crippen MR) is 79.8 cm³/mol. The van der Waals surface area contributed by atoms with Crippen LogP contribution in [0.5, 0.6) is 0 Å². The summed E-state index contributed by atoms with van der Waals surface area (Å²) in [5.41, 5.74) is 2.13. The molecule has 0 amide bonds. The first kappa shape index (κ1) is 15.8. The minimum Gasteiger partial charge on any atom is -0.466 e. The molecule has 0 aliphatic rings. The number of halogens is 1. The first-order valence-corrected chi connectivity index (χ1v) is 7.17. The van der Waals surface area contributed by atoms with Gasteiger partial charge in [0.2, 0.25) is 0 Å². The summed E-state index contributed by atoms with van der Waals surface area (Å²) in [4.78, 5) is 11.1. The van der Waals surface area contributed by atoms with Crippen molar-refractivity contribution in [1.29, 1.82) is 0 Å². The van der Waals surface area contributed by atoms with Crippen LogP contribution in [0.25, 0.3) is 0 Å². The Labute approximate surface area is 120 Å². The monoisotopic (exact) mass is 283 g/mol. The molecule has 1 rings (SSSR count). The van der Waals surface area contributed by atoms with E-state index in [9.17, 15) is 4.79 Å². The van der Waals surface area contributed by atoms with E-state index in [0.717, 1.165) is 42.1 Å². The lowest BCUT2D eigenvalue weighted by atomic mass is 10.2. The van der Waals surface area contributed by atoms with Gasteiger partial charge < -0.3 is 10.1 Å². The Morgan fingerprint density at radius 1 is 1.32 bits per heavy atom. The lowest BCUT2D eigenvalue weighted by molar-refractivity contribution is -0.143. The van der Waals surface area contributed by atoms with E-state index in [0.29, 0.717) is 13.0 Å². The molecule has 1 aromatic rings. The van der Waals surface area contributed by atoms with Crippen molar-refractivity contribution in [3.05, 3.63) is 28.8 Å². The maximum absolute atomic E-state index is 11.1. The molecule has 0 radical (unpaired) electrons. The highest BCUT2D eigenvalue weighted by atomic mass is 35.5. The van der Waals surface area contributed by atoms with Crippen LogP contribution < -0.4 is 5.32 Å². The van der Waals surface area contributed by atoms with Gasteiger partial charge in [-0.05, 0) is 44.4 Å². The molecule has 19 heavy (non-hydrogen) atoms. The minimum atomic E-state index is -0.1000. The lowest BCUT2D eigenvalue weighted by Crippen LogP contribution is -2.05. The van der Waals surface area contributed by atoms with Crippen LogP contribution in [-0.2, 0) is 9.53 Å². The molecule has 0 spiro atoms. The highest BCUT2D eigenvalue weighted by molar-refractivity contribution is 6.33. The van der Waals surface area contributed by atoms with Gasteiger partial charge in [-0.1, -0.05) is 24.1 Å².